The molecule has 1 N–H and O–H groups in total. The smallest absolute Gasteiger partial charge is 0.259 e. The molecule has 0 saturated heterocycles. The summed E-state index contributed by atoms with van der Waals surface area (Å²) in [5, 5.41) is 3.16. The maximum atomic E-state index is 12.8. The fourth-order valence-electron chi connectivity index (χ4n) is 3.62. The molecule has 0 radical (unpaired) electrons. The summed E-state index contributed by atoms with van der Waals surface area (Å²) in [5.74, 6) is 0.914. The van der Waals surface area contributed by atoms with Crippen LogP contribution in [-0.2, 0) is 4.79 Å². The normalized spacial score (nSPS) is 20.0. The molecule has 0 aliphatic heterocycles. The van der Waals surface area contributed by atoms with Gasteiger partial charge in [0.2, 0.25) is 0 Å². The molecule has 1 fully saturated rings. The van der Waals surface area contributed by atoms with E-state index in [1.807, 2.05) is 12.1 Å². The summed E-state index contributed by atoms with van der Waals surface area (Å²) >= 11 is 0. The molecule has 27 heavy (non-hydrogen) atoms. The van der Waals surface area contributed by atoms with Gasteiger partial charge in [0.05, 0.1) is 5.56 Å². The van der Waals surface area contributed by atoms with Crippen molar-refractivity contribution in [2.45, 2.75) is 58.9 Å². The van der Waals surface area contributed by atoms with Crippen LogP contribution in [0.25, 0.3) is 0 Å². The van der Waals surface area contributed by atoms with Gasteiger partial charge in [0, 0.05) is 20.1 Å². The van der Waals surface area contributed by atoms with E-state index in [2.05, 4.69) is 26.1 Å². The van der Waals surface area contributed by atoms with Gasteiger partial charge in [-0.05, 0) is 49.1 Å². The first-order chi connectivity index (χ1) is 12.7. The second kappa shape index (κ2) is 9.25. The Morgan fingerprint density at radius 1 is 1.15 bits per heavy atom. The molecule has 1 aromatic rings. The lowest BCUT2D eigenvalue weighted by Gasteiger charge is -2.39. The first-order valence-corrected chi connectivity index (χ1v) is 9.97. The number of likely N-dealkylation sites (N-methyl/N-ethyl adjacent to an activating group) is 1. The lowest BCUT2D eigenvalue weighted by atomic mass is 9.69. The Morgan fingerprint density at radius 2 is 1.78 bits per heavy atom. The van der Waals surface area contributed by atoms with Crippen molar-refractivity contribution in [3.05, 3.63) is 29.8 Å². The number of ether oxygens (including phenoxy) is 1. The highest BCUT2D eigenvalue weighted by atomic mass is 16.5. The number of benzene rings is 1. The van der Waals surface area contributed by atoms with Crippen LogP contribution in [0.2, 0.25) is 0 Å². The van der Waals surface area contributed by atoms with E-state index in [0.717, 1.165) is 31.6 Å². The van der Waals surface area contributed by atoms with Crippen LogP contribution >= 0.6 is 0 Å². The fourth-order valence-corrected chi connectivity index (χ4v) is 3.62. The number of nitrogens with zero attached hydrogens (tertiary/aromatic N) is 1. The molecule has 1 aliphatic carbocycles. The number of nitrogens with one attached hydrogen (secondary N) is 1. The molecule has 1 aliphatic rings. The molecule has 150 valence electrons. The van der Waals surface area contributed by atoms with E-state index in [0.29, 0.717) is 16.7 Å². The van der Waals surface area contributed by atoms with Crippen LogP contribution in [-0.4, -0.2) is 43.5 Å². The van der Waals surface area contributed by atoms with Gasteiger partial charge < -0.3 is 15.0 Å². The lowest BCUT2D eigenvalue weighted by molar-refractivity contribution is -0.130. The summed E-state index contributed by atoms with van der Waals surface area (Å²) < 4.78 is 5.59. The predicted molar refractivity (Wildman–Crippen MR) is 108 cm³/mol. The van der Waals surface area contributed by atoms with Gasteiger partial charge in [-0.1, -0.05) is 39.3 Å². The van der Waals surface area contributed by atoms with Crippen LogP contribution < -0.4 is 10.1 Å². The van der Waals surface area contributed by atoms with Crippen molar-refractivity contribution < 1.29 is 14.3 Å². The average Bonchev–Trinajstić information content (AvgIpc) is 2.66. The Morgan fingerprint density at radius 3 is 2.37 bits per heavy atom. The van der Waals surface area contributed by atoms with E-state index in [4.69, 9.17) is 4.74 Å². The number of para-hydroxylation sites is 1. The molecule has 0 spiro atoms. The maximum absolute atomic E-state index is 12.8. The van der Waals surface area contributed by atoms with E-state index in [1.54, 1.807) is 26.2 Å². The second-order valence-corrected chi connectivity index (χ2v) is 8.44. The summed E-state index contributed by atoms with van der Waals surface area (Å²) in [4.78, 5) is 26.0. The van der Waals surface area contributed by atoms with Crippen LogP contribution in [0.5, 0.6) is 5.75 Å². The summed E-state index contributed by atoms with van der Waals surface area (Å²) in [6.45, 7) is 6.87. The van der Waals surface area contributed by atoms with Gasteiger partial charge in [-0.25, -0.2) is 0 Å². The Balaban J connectivity index is 1.94. The quantitative estimate of drug-likeness (QED) is 0.788. The molecular formula is C22H34N2O3. The van der Waals surface area contributed by atoms with Crippen molar-refractivity contribution in [3.8, 4) is 5.75 Å². The number of amides is 2. The third-order valence-corrected chi connectivity index (χ3v) is 6.06. The zero-order chi connectivity index (χ0) is 20.0. The lowest BCUT2D eigenvalue weighted by Crippen LogP contribution is -2.40. The molecule has 0 bridgehead atoms. The summed E-state index contributed by atoms with van der Waals surface area (Å²) in [5.41, 5.74) is 0.856. The molecule has 1 aromatic carbocycles. The van der Waals surface area contributed by atoms with Crippen molar-refractivity contribution >= 4 is 11.8 Å². The van der Waals surface area contributed by atoms with E-state index < -0.39 is 0 Å². The fraction of sp³-hybridized carbons (Fsp3) is 0.636. The maximum Gasteiger partial charge on any atom is 0.259 e. The van der Waals surface area contributed by atoms with Crippen LogP contribution in [0.4, 0.5) is 0 Å². The van der Waals surface area contributed by atoms with Gasteiger partial charge in [0.1, 0.15) is 5.75 Å². The van der Waals surface area contributed by atoms with E-state index >= 15 is 0 Å². The largest absolute Gasteiger partial charge is 0.483 e. The molecule has 2 amide bonds. The number of carbonyl (C=O) groups is 2. The standard InChI is InChI=1S/C22H34N2O3/c1-6-22(2,3)16-11-13-17(14-12-16)23-21(26)18-9-7-8-10-19(18)27-15-20(25)24(4)5/h7-10,16-17H,6,11-15H2,1-5H3,(H,23,26). The molecule has 0 atom stereocenters. The topological polar surface area (TPSA) is 58.6 Å². The minimum atomic E-state index is -0.137. The summed E-state index contributed by atoms with van der Waals surface area (Å²) in [6.07, 6.45) is 5.53. The molecule has 5 nitrogen and oxygen atoms in total. The zero-order valence-electron chi connectivity index (χ0n) is 17.4. The van der Waals surface area contributed by atoms with Crippen molar-refractivity contribution in [2.75, 3.05) is 20.7 Å². The molecular weight excluding hydrogens is 340 g/mol. The Labute approximate surface area is 163 Å². The number of hydrogen-bond donors (Lipinski definition) is 1. The van der Waals surface area contributed by atoms with Gasteiger partial charge >= 0.3 is 0 Å². The third-order valence-electron chi connectivity index (χ3n) is 6.06. The molecule has 2 rings (SSSR count). The molecule has 0 heterocycles. The zero-order valence-corrected chi connectivity index (χ0v) is 17.4. The summed E-state index contributed by atoms with van der Waals surface area (Å²) in [7, 11) is 3.36. The molecule has 1 saturated carbocycles. The highest BCUT2D eigenvalue weighted by Crippen LogP contribution is 2.40. The highest BCUT2D eigenvalue weighted by molar-refractivity contribution is 5.97. The minimum Gasteiger partial charge on any atom is -0.483 e. The number of carbonyl (C=O) groups excluding carboxylic acids is 2. The van der Waals surface area contributed by atoms with Gasteiger partial charge in [0.15, 0.2) is 6.61 Å². The van der Waals surface area contributed by atoms with Gasteiger partial charge in [-0.2, -0.15) is 0 Å². The van der Waals surface area contributed by atoms with Crippen LogP contribution in [0.1, 0.15) is 63.2 Å². The SMILES string of the molecule is CCC(C)(C)C1CCC(NC(=O)c2ccccc2OCC(=O)N(C)C)CC1. The van der Waals surface area contributed by atoms with Crippen molar-refractivity contribution in [3.63, 3.8) is 0 Å². The Hall–Kier alpha value is -2.04. The van der Waals surface area contributed by atoms with E-state index in [-0.39, 0.29) is 24.5 Å². The number of rotatable bonds is 7. The number of hydrogen-bond acceptors (Lipinski definition) is 3. The Bertz CT molecular complexity index is 647. The molecule has 0 aromatic heterocycles. The summed E-state index contributed by atoms with van der Waals surface area (Å²) in [6, 6.07) is 7.31. The Kier molecular flexibility index (Phi) is 7.28. The first kappa shape index (κ1) is 21.3. The van der Waals surface area contributed by atoms with Crippen LogP contribution in [0, 0.1) is 11.3 Å². The average molecular weight is 375 g/mol. The van der Waals surface area contributed by atoms with Crippen LogP contribution in [0.3, 0.4) is 0 Å². The predicted octanol–water partition coefficient (Wildman–Crippen LogP) is 3.88. The second-order valence-electron chi connectivity index (χ2n) is 8.44. The first-order valence-electron chi connectivity index (χ1n) is 9.97. The van der Waals surface area contributed by atoms with Crippen molar-refractivity contribution in [2.24, 2.45) is 11.3 Å². The minimum absolute atomic E-state index is 0.0749. The monoisotopic (exact) mass is 374 g/mol. The van der Waals surface area contributed by atoms with Gasteiger partial charge in [-0.3, -0.25) is 9.59 Å². The van der Waals surface area contributed by atoms with Crippen molar-refractivity contribution in [1.82, 2.24) is 10.2 Å². The molecule has 0 unspecified atom stereocenters. The highest BCUT2D eigenvalue weighted by Gasteiger charge is 2.32. The molecule has 5 heteroatoms. The van der Waals surface area contributed by atoms with Crippen molar-refractivity contribution in [1.29, 1.82) is 0 Å². The van der Waals surface area contributed by atoms with E-state index in [1.165, 1.54) is 11.3 Å². The van der Waals surface area contributed by atoms with E-state index in [9.17, 15) is 9.59 Å². The van der Waals surface area contributed by atoms with Gasteiger partial charge in [0.25, 0.3) is 11.8 Å². The van der Waals surface area contributed by atoms with Crippen LogP contribution in [0.15, 0.2) is 24.3 Å². The third kappa shape index (κ3) is 5.72. The van der Waals surface area contributed by atoms with Gasteiger partial charge in [-0.15, -0.1) is 0 Å².